The molecule has 36 heavy (non-hydrogen) atoms. The van der Waals surface area contributed by atoms with E-state index in [1.807, 2.05) is 35.7 Å². The molecule has 0 unspecified atom stereocenters. The zero-order chi connectivity index (χ0) is 24.8. The minimum absolute atomic E-state index is 0.122. The summed E-state index contributed by atoms with van der Waals surface area (Å²) < 4.78 is 0. The fourth-order valence-electron chi connectivity index (χ4n) is 4.72. The number of nitriles is 1. The van der Waals surface area contributed by atoms with Crippen LogP contribution >= 0.6 is 11.3 Å². The highest BCUT2D eigenvalue weighted by Crippen LogP contribution is 2.39. The molecule has 5 aromatic rings. The largest absolute Gasteiger partial charge is 0.398 e. The number of pyridine rings is 1. The van der Waals surface area contributed by atoms with Crippen molar-refractivity contribution in [1.82, 2.24) is 20.1 Å². The fraction of sp³-hybridized carbons (Fsp3) is 0.0714. The Hall–Kier alpha value is -4.74. The number of carbonyl (C=O) groups excluding carboxylic acids is 1. The predicted octanol–water partition coefficient (Wildman–Crippen LogP) is 5.48. The molecule has 0 bridgehead atoms. The van der Waals surface area contributed by atoms with Crippen LogP contribution in [-0.4, -0.2) is 32.5 Å². The lowest BCUT2D eigenvalue weighted by atomic mass is 9.94. The molecule has 0 fully saturated rings. The van der Waals surface area contributed by atoms with Gasteiger partial charge in [-0.2, -0.15) is 10.4 Å². The monoisotopic (exact) mass is 488 g/mol. The maximum atomic E-state index is 13.4. The van der Waals surface area contributed by atoms with Gasteiger partial charge < -0.3 is 10.6 Å². The molecule has 4 heterocycles. The van der Waals surface area contributed by atoms with Gasteiger partial charge in [0.25, 0.3) is 5.91 Å². The molecule has 1 aliphatic rings. The Balaban J connectivity index is 1.36. The van der Waals surface area contributed by atoms with Gasteiger partial charge >= 0.3 is 0 Å². The first-order valence-corrected chi connectivity index (χ1v) is 12.2. The summed E-state index contributed by atoms with van der Waals surface area (Å²) in [5.41, 5.74) is 13.9. The summed E-state index contributed by atoms with van der Waals surface area (Å²) in [4.78, 5) is 20.2. The number of nitrogens with two attached hydrogens (primary N) is 1. The number of hydrogen-bond acceptors (Lipinski definition) is 6. The van der Waals surface area contributed by atoms with Gasteiger partial charge in [0.1, 0.15) is 17.5 Å². The third kappa shape index (κ3) is 3.54. The molecule has 0 spiro atoms. The molecule has 7 nitrogen and oxygen atoms in total. The molecule has 1 amide bonds. The average molecular weight is 489 g/mol. The molecule has 3 N–H and O–H groups in total. The van der Waals surface area contributed by atoms with E-state index >= 15 is 0 Å². The Morgan fingerprint density at radius 2 is 2.11 bits per heavy atom. The van der Waals surface area contributed by atoms with Gasteiger partial charge in [-0.05, 0) is 69.6 Å². The summed E-state index contributed by atoms with van der Waals surface area (Å²) in [5.74, 6) is -0.122. The molecule has 2 aromatic carbocycles. The lowest BCUT2D eigenvalue weighted by molar-refractivity contribution is 0.0800. The van der Waals surface area contributed by atoms with E-state index < -0.39 is 0 Å². The van der Waals surface area contributed by atoms with Crippen LogP contribution < -0.4 is 5.73 Å². The normalized spacial score (nSPS) is 12.6. The summed E-state index contributed by atoms with van der Waals surface area (Å²) >= 11 is 1.65. The third-order valence-electron chi connectivity index (χ3n) is 6.49. The molecule has 1 aliphatic heterocycles. The molecular weight excluding hydrogens is 468 g/mol. The number of thiophene rings is 1. The van der Waals surface area contributed by atoms with E-state index in [0.717, 1.165) is 49.3 Å². The van der Waals surface area contributed by atoms with Crippen molar-refractivity contribution in [3.63, 3.8) is 0 Å². The number of nitrogen functional groups attached to an aromatic ring is 1. The highest BCUT2D eigenvalue weighted by molar-refractivity contribution is 7.13. The standard InChI is InChI=1S/C28H20N6OS/c1-16(17-8-9-31-19(11-17)13-29)14-34-15-22-20(5-6-23(30)26(22)28(34)35)18-4-7-24-21(12-18)27(33-32-24)25-3-2-10-36-25/h2-12H,1,14-15,30H2,(H,32,33). The van der Waals surface area contributed by atoms with E-state index in [1.54, 1.807) is 40.6 Å². The minimum Gasteiger partial charge on any atom is -0.398 e. The Morgan fingerprint density at radius 1 is 1.22 bits per heavy atom. The minimum atomic E-state index is -0.122. The van der Waals surface area contributed by atoms with E-state index in [2.05, 4.69) is 33.9 Å². The van der Waals surface area contributed by atoms with Gasteiger partial charge in [0.2, 0.25) is 0 Å². The molecular formula is C28H20N6OS. The Kier molecular flexibility index (Phi) is 5.13. The molecule has 0 saturated heterocycles. The van der Waals surface area contributed by atoms with Crippen LogP contribution in [0.5, 0.6) is 0 Å². The number of fused-ring (bicyclic) bond motifs is 2. The van der Waals surface area contributed by atoms with Gasteiger partial charge in [0, 0.05) is 30.4 Å². The first-order chi connectivity index (χ1) is 17.5. The number of benzene rings is 2. The number of carbonyl (C=O) groups is 1. The van der Waals surface area contributed by atoms with Crippen LogP contribution in [-0.2, 0) is 6.54 Å². The first kappa shape index (κ1) is 21.8. The fourth-order valence-corrected chi connectivity index (χ4v) is 5.45. The topological polar surface area (TPSA) is 112 Å². The van der Waals surface area contributed by atoms with Crippen LogP contribution in [0.4, 0.5) is 5.69 Å². The van der Waals surface area contributed by atoms with E-state index in [0.29, 0.717) is 30.0 Å². The van der Waals surface area contributed by atoms with Crippen LogP contribution in [0.2, 0.25) is 0 Å². The first-order valence-electron chi connectivity index (χ1n) is 11.3. The van der Waals surface area contributed by atoms with Crippen molar-refractivity contribution in [2.24, 2.45) is 0 Å². The molecule has 0 radical (unpaired) electrons. The number of nitrogens with zero attached hydrogens (tertiary/aromatic N) is 4. The lowest BCUT2D eigenvalue weighted by Gasteiger charge is -2.18. The Bertz CT molecular complexity index is 1710. The van der Waals surface area contributed by atoms with Crippen molar-refractivity contribution in [2.75, 3.05) is 12.3 Å². The number of aromatic amines is 1. The molecule has 3 aromatic heterocycles. The maximum Gasteiger partial charge on any atom is 0.256 e. The van der Waals surface area contributed by atoms with Gasteiger partial charge in [-0.1, -0.05) is 24.8 Å². The number of hydrogen-bond donors (Lipinski definition) is 2. The van der Waals surface area contributed by atoms with Crippen molar-refractivity contribution in [3.8, 4) is 27.8 Å². The van der Waals surface area contributed by atoms with E-state index in [4.69, 9.17) is 11.0 Å². The number of anilines is 1. The van der Waals surface area contributed by atoms with Gasteiger partial charge in [0.15, 0.2) is 0 Å². The highest BCUT2D eigenvalue weighted by Gasteiger charge is 2.32. The summed E-state index contributed by atoms with van der Waals surface area (Å²) in [6, 6.07) is 19.5. The number of H-pyrrole nitrogens is 1. The molecule has 0 saturated carbocycles. The van der Waals surface area contributed by atoms with Crippen molar-refractivity contribution >= 4 is 39.4 Å². The smallest absolute Gasteiger partial charge is 0.256 e. The van der Waals surface area contributed by atoms with Crippen LogP contribution in [0.1, 0.15) is 27.2 Å². The Labute approximate surface area is 211 Å². The molecule has 0 aliphatic carbocycles. The summed E-state index contributed by atoms with van der Waals surface area (Å²) in [5, 5.41) is 19.9. The average Bonchev–Trinajstić information content (AvgIpc) is 3.64. The van der Waals surface area contributed by atoms with E-state index in [-0.39, 0.29) is 5.91 Å². The number of aromatic nitrogens is 3. The summed E-state index contributed by atoms with van der Waals surface area (Å²) in [7, 11) is 0. The zero-order valence-electron chi connectivity index (χ0n) is 19.2. The highest BCUT2D eigenvalue weighted by atomic mass is 32.1. The lowest BCUT2D eigenvalue weighted by Crippen LogP contribution is -2.26. The number of nitrogens with one attached hydrogen (secondary N) is 1. The molecule has 6 rings (SSSR count). The molecule has 0 atom stereocenters. The number of rotatable bonds is 5. The SMILES string of the molecule is C=C(CN1Cc2c(-c3ccc4[nH]nc(-c5cccs5)c4c3)ccc(N)c2C1=O)c1ccnc(C#N)c1. The molecule has 8 heteroatoms. The van der Waals surface area contributed by atoms with Crippen LogP contribution in [0.15, 0.2) is 72.8 Å². The third-order valence-corrected chi connectivity index (χ3v) is 7.36. The van der Waals surface area contributed by atoms with Gasteiger partial charge in [-0.25, -0.2) is 4.98 Å². The van der Waals surface area contributed by atoms with Crippen molar-refractivity contribution in [1.29, 1.82) is 5.26 Å². The second-order valence-corrected chi connectivity index (χ2v) is 9.62. The summed E-state index contributed by atoms with van der Waals surface area (Å²) in [6.45, 7) is 4.90. The van der Waals surface area contributed by atoms with Crippen molar-refractivity contribution < 1.29 is 4.79 Å². The van der Waals surface area contributed by atoms with Crippen molar-refractivity contribution in [3.05, 3.63) is 95.1 Å². The predicted molar refractivity (Wildman–Crippen MR) is 142 cm³/mol. The Morgan fingerprint density at radius 3 is 2.92 bits per heavy atom. The van der Waals surface area contributed by atoms with E-state index in [1.165, 1.54) is 0 Å². The second-order valence-electron chi connectivity index (χ2n) is 8.67. The zero-order valence-corrected chi connectivity index (χ0v) is 20.0. The second kappa shape index (κ2) is 8.48. The summed E-state index contributed by atoms with van der Waals surface area (Å²) in [6.07, 6.45) is 1.58. The van der Waals surface area contributed by atoms with Crippen molar-refractivity contribution in [2.45, 2.75) is 6.54 Å². The van der Waals surface area contributed by atoms with Crippen LogP contribution in [0.3, 0.4) is 0 Å². The molecule has 174 valence electrons. The van der Waals surface area contributed by atoms with E-state index in [9.17, 15) is 4.79 Å². The van der Waals surface area contributed by atoms with Gasteiger partial charge in [-0.15, -0.1) is 11.3 Å². The maximum absolute atomic E-state index is 13.4. The van der Waals surface area contributed by atoms with Crippen LogP contribution in [0, 0.1) is 11.3 Å². The van der Waals surface area contributed by atoms with Crippen LogP contribution in [0.25, 0.3) is 38.2 Å². The van der Waals surface area contributed by atoms with Gasteiger partial charge in [-0.3, -0.25) is 9.89 Å². The number of amides is 1. The quantitative estimate of drug-likeness (QED) is 0.318. The van der Waals surface area contributed by atoms with Gasteiger partial charge in [0.05, 0.1) is 16.0 Å².